The lowest BCUT2D eigenvalue weighted by molar-refractivity contribution is -0.123. The van der Waals surface area contributed by atoms with Gasteiger partial charge in [-0.05, 0) is 31.0 Å². The normalized spacial score (nSPS) is 9.70. The summed E-state index contributed by atoms with van der Waals surface area (Å²) in [7, 11) is 0. The van der Waals surface area contributed by atoms with E-state index in [1.54, 1.807) is 19.1 Å². The highest BCUT2D eigenvalue weighted by Gasteiger charge is 2.12. The van der Waals surface area contributed by atoms with Gasteiger partial charge in [-0.2, -0.15) is 0 Å². The van der Waals surface area contributed by atoms with Gasteiger partial charge in [-0.15, -0.1) is 0 Å². The third kappa shape index (κ3) is 5.09. The number of esters is 1. The smallest absolute Gasteiger partial charge is 0.413 e. The summed E-state index contributed by atoms with van der Waals surface area (Å²) in [4.78, 5) is 33.9. The van der Waals surface area contributed by atoms with Crippen LogP contribution in [0, 0.1) is 0 Å². The first-order valence-electron chi connectivity index (χ1n) is 6.29. The lowest BCUT2D eigenvalue weighted by Gasteiger charge is -2.06. The van der Waals surface area contributed by atoms with E-state index >= 15 is 0 Å². The van der Waals surface area contributed by atoms with Crippen molar-refractivity contribution in [3.8, 4) is 0 Å². The molecule has 0 aliphatic carbocycles. The summed E-state index contributed by atoms with van der Waals surface area (Å²) in [5, 5.41) is 1.93. The Morgan fingerprint density at radius 2 is 1.70 bits per heavy atom. The van der Waals surface area contributed by atoms with Crippen LogP contribution in [0.2, 0.25) is 0 Å². The molecule has 0 bridgehead atoms. The number of carbonyl (C=O) groups is 3. The summed E-state index contributed by atoms with van der Waals surface area (Å²) in [6.07, 6.45) is 0.0120. The van der Waals surface area contributed by atoms with E-state index in [4.69, 9.17) is 4.74 Å². The number of hydrogen-bond donors (Lipinski definition) is 1. The first-order chi connectivity index (χ1) is 9.56. The van der Waals surface area contributed by atoms with Crippen LogP contribution in [0.1, 0.15) is 29.8 Å². The van der Waals surface area contributed by atoms with E-state index in [1.807, 2.05) is 24.4 Å². The number of imide groups is 1. The van der Waals surface area contributed by atoms with E-state index in [1.165, 1.54) is 0 Å². The van der Waals surface area contributed by atoms with Crippen molar-refractivity contribution in [2.75, 3.05) is 13.2 Å². The molecule has 1 aromatic carbocycles. The average molecular weight is 279 g/mol. The second kappa shape index (κ2) is 7.93. The molecule has 1 rings (SSSR count). The molecule has 0 aromatic heterocycles. The van der Waals surface area contributed by atoms with Gasteiger partial charge in [0, 0.05) is 0 Å². The molecular formula is C14H17NO5. The molecule has 1 N–H and O–H groups in total. The van der Waals surface area contributed by atoms with Gasteiger partial charge < -0.3 is 9.47 Å². The van der Waals surface area contributed by atoms with Gasteiger partial charge >= 0.3 is 12.1 Å². The molecule has 6 nitrogen and oxygen atoms in total. The Morgan fingerprint density at radius 3 is 2.25 bits per heavy atom. The van der Waals surface area contributed by atoms with Crippen LogP contribution in [0.4, 0.5) is 4.79 Å². The number of alkyl carbamates (subject to hydrolysis) is 1. The van der Waals surface area contributed by atoms with Gasteiger partial charge in [-0.25, -0.2) is 9.59 Å². The molecule has 0 heterocycles. The zero-order valence-corrected chi connectivity index (χ0v) is 11.5. The van der Waals surface area contributed by atoms with Crippen LogP contribution < -0.4 is 5.32 Å². The van der Waals surface area contributed by atoms with Gasteiger partial charge in [0.1, 0.15) is 0 Å². The fourth-order valence-electron chi connectivity index (χ4n) is 1.41. The van der Waals surface area contributed by atoms with Crippen molar-refractivity contribution in [2.45, 2.75) is 20.3 Å². The SMILES string of the molecule is CCOC(=O)NC(=O)COC(=O)c1ccc(CC)cc1. The molecular weight excluding hydrogens is 262 g/mol. The third-order valence-electron chi connectivity index (χ3n) is 2.45. The van der Waals surface area contributed by atoms with E-state index in [9.17, 15) is 14.4 Å². The molecule has 2 amide bonds. The van der Waals surface area contributed by atoms with Crippen molar-refractivity contribution in [1.82, 2.24) is 5.32 Å². The molecule has 0 unspecified atom stereocenters. The molecule has 0 atom stereocenters. The molecule has 0 aliphatic heterocycles. The maximum Gasteiger partial charge on any atom is 0.413 e. The summed E-state index contributed by atoms with van der Waals surface area (Å²) >= 11 is 0. The Labute approximate surface area is 117 Å². The quantitative estimate of drug-likeness (QED) is 0.829. The number of rotatable bonds is 5. The van der Waals surface area contributed by atoms with Crippen molar-refractivity contribution in [2.24, 2.45) is 0 Å². The second-order valence-electron chi connectivity index (χ2n) is 3.90. The summed E-state index contributed by atoms with van der Waals surface area (Å²) in [5.74, 6) is -1.35. The molecule has 108 valence electrons. The van der Waals surface area contributed by atoms with E-state index in [0.717, 1.165) is 12.0 Å². The first-order valence-corrected chi connectivity index (χ1v) is 6.29. The van der Waals surface area contributed by atoms with Crippen LogP contribution in [-0.4, -0.2) is 31.2 Å². The van der Waals surface area contributed by atoms with Crippen LogP contribution >= 0.6 is 0 Å². The van der Waals surface area contributed by atoms with Gasteiger partial charge in [-0.1, -0.05) is 19.1 Å². The number of hydrogen-bond acceptors (Lipinski definition) is 5. The van der Waals surface area contributed by atoms with Crippen LogP contribution in [0.5, 0.6) is 0 Å². The Bertz CT molecular complexity index is 481. The van der Waals surface area contributed by atoms with Crippen molar-refractivity contribution >= 4 is 18.0 Å². The Balaban J connectivity index is 2.42. The van der Waals surface area contributed by atoms with Crippen LogP contribution in [0.25, 0.3) is 0 Å². The second-order valence-corrected chi connectivity index (χ2v) is 3.90. The van der Waals surface area contributed by atoms with E-state index in [2.05, 4.69) is 4.74 Å². The maximum atomic E-state index is 11.6. The minimum Gasteiger partial charge on any atom is -0.452 e. The topological polar surface area (TPSA) is 81.7 Å². The largest absolute Gasteiger partial charge is 0.452 e. The molecule has 0 saturated heterocycles. The number of carbonyl (C=O) groups excluding carboxylic acids is 3. The van der Waals surface area contributed by atoms with Crippen molar-refractivity contribution < 1.29 is 23.9 Å². The zero-order valence-electron chi connectivity index (χ0n) is 11.5. The molecule has 0 aliphatic rings. The van der Waals surface area contributed by atoms with Crippen molar-refractivity contribution in [3.05, 3.63) is 35.4 Å². The average Bonchev–Trinajstić information content (AvgIpc) is 2.45. The van der Waals surface area contributed by atoms with E-state index in [-0.39, 0.29) is 6.61 Å². The molecule has 6 heteroatoms. The molecule has 0 radical (unpaired) electrons. The summed E-state index contributed by atoms with van der Waals surface area (Å²) in [5.41, 5.74) is 1.45. The van der Waals surface area contributed by atoms with Gasteiger partial charge in [0.05, 0.1) is 12.2 Å². The number of aryl methyl sites for hydroxylation is 1. The minimum absolute atomic E-state index is 0.155. The van der Waals surface area contributed by atoms with Gasteiger partial charge in [0.25, 0.3) is 5.91 Å². The van der Waals surface area contributed by atoms with Gasteiger partial charge in [0.2, 0.25) is 0 Å². The number of nitrogens with one attached hydrogen (secondary N) is 1. The zero-order chi connectivity index (χ0) is 15.0. The summed E-state index contributed by atoms with van der Waals surface area (Å²) < 4.78 is 9.30. The fraction of sp³-hybridized carbons (Fsp3) is 0.357. The third-order valence-corrected chi connectivity index (χ3v) is 2.45. The van der Waals surface area contributed by atoms with Gasteiger partial charge in [-0.3, -0.25) is 10.1 Å². The predicted octanol–water partition coefficient (Wildman–Crippen LogP) is 1.68. The van der Waals surface area contributed by atoms with Crippen LogP contribution in [-0.2, 0) is 20.7 Å². The Morgan fingerprint density at radius 1 is 1.05 bits per heavy atom. The standard InChI is InChI=1S/C14H17NO5/c1-3-10-5-7-11(8-6-10)13(17)20-9-12(16)15-14(18)19-4-2/h5-8H,3-4,9H2,1-2H3,(H,15,16,18). The highest BCUT2D eigenvalue weighted by Crippen LogP contribution is 2.06. The molecule has 20 heavy (non-hydrogen) atoms. The summed E-state index contributed by atoms with van der Waals surface area (Å²) in [6.45, 7) is 3.24. The lowest BCUT2D eigenvalue weighted by Crippen LogP contribution is -2.34. The van der Waals surface area contributed by atoms with Crippen molar-refractivity contribution in [1.29, 1.82) is 0 Å². The lowest BCUT2D eigenvalue weighted by atomic mass is 10.1. The fourth-order valence-corrected chi connectivity index (χ4v) is 1.41. The maximum absolute atomic E-state index is 11.6. The Hall–Kier alpha value is -2.37. The van der Waals surface area contributed by atoms with E-state index in [0.29, 0.717) is 5.56 Å². The van der Waals surface area contributed by atoms with Gasteiger partial charge in [0.15, 0.2) is 6.61 Å². The number of amides is 2. The van der Waals surface area contributed by atoms with E-state index < -0.39 is 24.6 Å². The first kappa shape index (κ1) is 15.7. The summed E-state index contributed by atoms with van der Waals surface area (Å²) in [6, 6.07) is 6.89. The molecule has 1 aromatic rings. The molecule has 0 saturated carbocycles. The Kier molecular flexibility index (Phi) is 6.22. The number of benzene rings is 1. The highest BCUT2D eigenvalue weighted by atomic mass is 16.6. The molecule has 0 fully saturated rings. The van der Waals surface area contributed by atoms with Crippen molar-refractivity contribution in [3.63, 3.8) is 0 Å². The molecule has 0 spiro atoms. The predicted molar refractivity (Wildman–Crippen MR) is 71.3 cm³/mol. The monoisotopic (exact) mass is 279 g/mol. The van der Waals surface area contributed by atoms with Crippen LogP contribution in [0.15, 0.2) is 24.3 Å². The van der Waals surface area contributed by atoms with Crippen LogP contribution in [0.3, 0.4) is 0 Å². The number of ether oxygens (including phenoxy) is 2. The minimum atomic E-state index is -0.860. The highest BCUT2D eigenvalue weighted by molar-refractivity contribution is 5.95.